The van der Waals surface area contributed by atoms with E-state index >= 15 is 0 Å². The number of aromatic nitrogens is 2. The van der Waals surface area contributed by atoms with Gasteiger partial charge in [0.25, 0.3) is 0 Å². The minimum atomic E-state index is -0.628. The second-order valence-electron chi connectivity index (χ2n) is 3.19. The number of rotatable bonds is 4. The Morgan fingerprint density at radius 1 is 1.73 bits per heavy atom. The number of hydrogen-bond donors (Lipinski definition) is 1. The zero-order valence-electron chi connectivity index (χ0n) is 9.01. The van der Waals surface area contributed by atoms with E-state index in [4.69, 9.17) is 5.73 Å². The lowest BCUT2D eigenvalue weighted by Crippen LogP contribution is -2.39. The van der Waals surface area contributed by atoms with Crippen LogP contribution >= 0.6 is 11.8 Å². The second-order valence-corrected chi connectivity index (χ2v) is 4.54. The van der Waals surface area contributed by atoms with Crippen molar-refractivity contribution in [3.05, 3.63) is 12.4 Å². The van der Waals surface area contributed by atoms with E-state index in [1.54, 1.807) is 6.20 Å². The number of nitrogens with two attached hydrogens (primary N) is 1. The van der Waals surface area contributed by atoms with Gasteiger partial charge in [-0.3, -0.25) is 4.79 Å². The molecule has 0 spiro atoms. The lowest BCUT2D eigenvalue weighted by atomic mass is 10.2. The number of carbonyl (C=O) groups excluding carboxylic acids is 1. The van der Waals surface area contributed by atoms with Crippen molar-refractivity contribution >= 4 is 17.7 Å². The lowest BCUT2D eigenvalue weighted by molar-refractivity contribution is -0.142. The second kappa shape index (κ2) is 5.18. The molecule has 2 N–H and O–H groups in total. The van der Waals surface area contributed by atoms with Crippen molar-refractivity contribution in [2.24, 2.45) is 12.8 Å². The molecule has 0 aliphatic rings. The number of imidazole rings is 1. The van der Waals surface area contributed by atoms with Gasteiger partial charge in [0.2, 0.25) is 0 Å². The highest BCUT2D eigenvalue weighted by atomic mass is 32.2. The van der Waals surface area contributed by atoms with Crippen LogP contribution in [0.2, 0.25) is 0 Å². The van der Waals surface area contributed by atoms with E-state index in [1.165, 1.54) is 18.9 Å². The minimum absolute atomic E-state index is 0.0708. The maximum atomic E-state index is 11.2. The van der Waals surface area contributed by atoms with Crippen LogP contribution in [0.5, 0.6) is 0 Å². The molecule has 1 aromatic heterocycles. The van der Waals surface area contributed by atoms with Crippen LogP contribution in [0.15, 0.2) is 17.6 Å². The molecule has 0 amide bonds. The number of ether oxygens (including phenoxy) is 1. The summed E-state index contributed by atoms with van der Waals surface area (Å²) >= 11 is 1.45. The molecule has 1 aromatic rings. The Balaban J connectivity index is 2.59. The first-order valence-electron chi connectivity index (χ1n) is 4.53. The van der Waals surface area contributed by atoms with Crippen molar-refractivity contribution in [3.8, 4) is 0 Å². The standard InChI is InChI=1S/C9H15N3O2S/c1-6(7(10)8(13)14-3)15-9-11-4-5-12(9)2/h4-7H,10H2,1-3H3/t6-,7+/m0/s1. The molecule has 0 aromatic carbocycles. The smallest absolute Gasteiger partial charge is 0.323 e. The van der Waals surface area contributed by atoms with Crippen molar-refractivity contribution in [3.63, 3.8) is 0 Å². The van der Waals surface area contributed by atoms with Crippen molar-refractivity contribution < 1.29 is 9.53 Å². The highest BCUT2D eigenvalue weighted by Crippen LogP contribution is 2.22. The highest BCUT2D eigenvalue weighted by Gasteiger charge is 2.23. The SMILES string of the molecule is COC(=O)[C@H](N)[C@H](C)Sc1nccn1C. The highest BCUT2D eigenvalue weighted by molar-refractivity contribution is 7.99. The summed E-state index contributed by atoms with van der Waals surface area (Å²) in [4.78, 5) is 15.3. The fourth-order valence-corrected chi connectivity index (χ4v) is 1.97. The van der Waals surface area contributed by atoms with Crippen LogP contribution in [0.25, 0.3) is 0 Å². The fourth-order valence-electron chi connectivity index (χ4n) is 1.03. The van der Waals surface area contributed by atoms with Crippen LogP contribution in [0.4, 0.5) is 0 Å². The summed E-state index contributed by atoms with van der Waals surface area (Å²) in [5.41, 5.74) is 5.71. The summed E-state index contributed by atoms with van der Waals surface area (Å²) < 4.78 is 6.46. The summed E-state index contributed by atoms with van der Waals surface area (Å²) in [7, 11) is 3.23. The molecule has 0 saturated carbocycles. The first-order valence-corrected chi connectivity index (χ1v) is 5.41. The van der Waals surface area contributed by atoms with Gasteiger partial charge >= 0.3 is 5.97 Å². The Morgan fingerprint density at radius 2 is 2.40 bits per heavy atom. The van der Waals surface area contributed by atoms with Gasteiger partial charge in [-0.25, -0.2) is 4.98 Å². The maximum Gasteiger partial charge on any atom is 0.323 e. The lowest BCUT2D eigenvalue weighted by Gasteiger charge is -2.16. The molecule has 6 heteroatoms. The molecule has 0 aliphatic heterocycles. The molecule has 0 fully saturated rings. The monoisotopic (exact) mass is 229 g/mol. The number of carbonyl (C=O) groups is 1. The third-order valence-electron chi connectivity index (χ3n) is 2.05. The number of nitrogens with zero attached hydrogens (tertiary/aromatic N) is 2. The Hall–Kier alpha value is -1.01. The van der Waals surface area contributed by atoms with E-state index in [2.05, 4.69) is 9.72 Å². The van der Waals surface area contributed by atoms with Crippen molar-refractivity contribution in [1.82, 2.24) is 9.55 Å². The van der Waals surface area contributed by atoms with Crippen LogP contribution in [-0.2, 0) is 16.6 Å². The molecular formula is C9H15N3O2S. The number of esters is 1. The van der Waals surface area contributed by atoms with Crippen molar-refractivity contribution in [1.29, 1.82) is 0 Å². The normalized spacial score (nSPS) is 14.7. The van der Waals surface area contributed by atoms with Crippen LogP contribution in [0, 0.1) is 0 Å². The topological polar surface area (TPSA) is 70.1 Å². The Kier molecular flexibility index (Phi) is 4.16. The average Bonchev–Trinajstić information content (AvgIpc) is 2.62. The van der Waals surface area contributed by atoms with Gasteiger partial charge < -0.3 is 15.0 Å². The van der Waals surface area contributed by atoms with E-state index in [-0.39, 0.29) is 5.25 Å². The van der Waals surface area contributed by atoms with Crippen LogP contribution in [0.3, 0.4) is 0 Å². The van der Waals surface area contributed by atoms with Gasteiger partial charge in [-0.05, 0) is 0 Å². The Morgan fingerprint density at radius 3 is 2.87 bits per heavy atom. The maximum absolute atomic E-state index is 11.2. The molecule has 0 radical (unpaired) electrons. The first kappa shape index (κ1) is 12.1. The van der Waals surface area contributed by atoms with Crippen LogP contribution in [-0.4, -0.2) is 33.9 Å². The van der Waals surface area contributed by atoms with E-state index in [1.807, 2.05) is 24.7 Å². The molecule has 2 atom stereocenters. The molecule has 1 rings (SSSR count). The van der Waals surface area contributed by atoms with Gasteiger partial charge in [-0.15, -0.1) is 0 Å². The van der Waals surface area contributed by atoms with E-state index in [9.17, 15) is 4.79 Å². The van der Waals surface area contributed by atoms with Crippen LogP contribution < -0.4 is 5.73 Å². The van der Waals surface area contributed by atoms with Gasteiger partial charge in [0.05, 0.1) is 7.11 Å². The quantitative estimate of drug-likeness (QED) is 0.598. The van der Waals surface area contributed by atoms with E-state index in [0.717, 1.165) is 5.16 Å². The van der Waals surface area contributed by atoms with E-state index < -0.39 is 12.0 Å². The van der Waals surface area contributed by atoms with Crippen molar-refractivity contribution in [2.45, 2.75) is 23.4 Å². The van der Waals surface area contributed by atoms with Gasteiger partial charge in [0, 0.05) is 24.7 Å². The fraction of sp³-hybridized carbons (Fsp3) is 0.556. The van der Waals surface area contributed by atoms with Gasteiger partial charge in [-0.2, -0.15) is 0 Å². The number of methoxy groups -OCH3 is 1. The van der Waals surface area contributed by atoms with Crippen molar-refractivity contribution in [2.75, 3.05) is 7.11 Å². The molecular weight excluding hydrogens is 214 g/mol. The number of aryl methyl sites for hydroxylation is 1. The van der Waals surface area contributed by atoms with E-state index in [0.29, 0.717) is 0 Å². The summed E-state index contributed by atoms with van der Waals surface area (Å²) in [5, 5.41) is 0.764. The third kappa shape index (κ3) is 2.97. The van der Waals surface area contributed by atoms with Gasteiger partial charge in [-0.1, -0.05) is 18.7 Å². The molecule has 5 nitrogen and oxygen atoms in total. The van der Waals surface area contributed by atoms with Gasteiger partial charge in [0.15, 0.2) is 5.16 Å². The predicted octanol–water partition coefficient (Wildman–Crippen LogP) is 0.401. The molecule has 15 heavy (non-hydrogen) atoms. The Bertz CT molecular complexity index is 340. The predicted molar refractivity (Wildman–Crippen MR) is 58.5 cm³/mol. The summed E-state index contributed by atoms with van der Waals surface area (Å²) in [6.45, 7) is 1.88. The average molecular weight is 229 g/mol. The number of thioether (sulfide) groups is 1. The summed E-state index contributed by atoms with van der Waals surface area (Å²) in [5.74, 6) is -0.399. The largest absolute Gasteiger partial charge is 0.468 e. The van der Waals surface area contributed by atoms with Gasteiger partial charge in [0.1, 0.15) is 6.04 Å². The zero-order valence-corrected chi connectivity index (χ0v) is 9.82. The minimum Gasteiger partial charge on any atom is -0.468 e. The molecule has 1 heterocycles. The third-order valence-corrected chi connectivity index (χ3v) is 3.32. The first-order chi connectivity index (χ1) is 7.06. The molecule has 84 valence electrons. The Labute approximate surface area is 93.0 Å². The molecule has 0 bridgehead atoms. The summed E-state index contributed by atoms with van der Waals surface area (Å²) in [6, 6.07) is -0.628. The molecule has 0 unspecified atom stereocenters. The number of hydrogen-bond acceptors (Lipinski definition) is 5. The summed E-state index contributed by atoms with van der Waals surface area (Å²) in [6.07, 6.45) is 3.55. The van der Waals surface area contributed by atoms with Crippen LogP contribution in [0.1, 0.15) is 6.92 Å². The zero-order chi connectivity index (χ0) is 11.4. The molecule has 0 saturated heterocycles. The molecule has 0 aliphatic carbocycles.